The Morgan fingerprint density at radius 1 is 1.25 bits per heavy atom. The topological polar surface area (TPSA) is 65.9 Å². The van der Waals surface area contributed by atoms with E-state index < -0.39 is 6.10 Å². The van der Waals surface area contributed by atoms with E-state index in [0.717, 1.165) is 79.5 Å². The van der Waals surface area contributed by atoms with Crippen molar-refractivity contribution in [1.82, 2.24) is 14.8 Å². The molecule has 1 aromatic heterocycles. The third-order valence-corrected chi connectivity index (χ3v) is 7.68. The molecule has 5 heterocycles. The standard InChI is InChI=1S/C20H26N2O2.C6H11NO/c1-3-13-12-22-9-7-14(13)10-19(22)20(23)16-6-8-21-18-5-4-15(24-2)11-17(16)18;1-2-7-5-3-4-6(7)8/h4-6,8,11,13-14,19-20,23H,3,7,9-10,12H2,1-2H3;2-5H2,1H3/t13?,14-,19?,20?;/m1./s1. The van der Waals surface area contributed by atoms with Crippen LogP contribution >= 0.6 is 0 Å². The van der Waals surface area contributed by atoms with E-state index in [0.29, 0.717) is 5.91 Å². The summed E-state index contributed by atoms with van der Waals surface area (Å²) in [4.78, 5) is 19.6. The normalized spacial score (nSPS) is 27.9. The van der Waals surface area contributed by atoms with Crippen molar-refractivity contribution in [2.24, 2.45) is 11.8 Å². The molecule has 0 aliphatic carbocycles. The average molecular weight is 440 g/mol. The number of nitrogens with zero attached hydrogens (tertiary/aromatic N) is 3. The number of ether oxygens (including phenoxy) is 1. The van der Waals surface area contributed by atoms with Crippen molar-refractivity contribution in [3.63, 3.8) is 0 Å². The molecular weight excluding hydrogens is 402 g/mol. The molecule has 4 fully saturated rings. The fourth-order valence-corrected chi connectivity index (χ4v) is 5.75. The molecule has 1 amide bonds. The van der Waals surface area contributed by atoms with Crippen molar-refractivity contribution in [3.8, 4) is 5.75 Å². The Bertz CT molecular complexity index is 934. The number of likely N-dealkylation sites (tertiary alicyclic amines) is 1. The summed E-state index contributed by atoms with van der Waals surface area (Å²) < 4.78 is 5.36. The molecule has 6 nitrogen and oxygen atoms in total. The molecule has 4 aliphatic heterocycles. The van der Waals surface area contributed by atoms with Gasteiger partial charge in [-0.25, -0.2) is 0 Å². The maximum atomic E-state index is 11.2. The number of piperidine rings is 3. The summed E-state index contributed by atoms with van der Waals surface area (Å²) in [5.41, 5.74) is 1.89. The number of aliphatic hydroxyl groups is 1. The van der Waals surface area contributed by atoms with E-state index in [1.54, 1.807) is 13.3 Å². The lowest BCUT2D eigenvalue weighted by Gasteiger charge is -2.51. The molecule has 32 heavy (non-hydrogen) atoms. The van der Waals surface area contributed by atoms with Crippen LogP contribution in [-0.4, -0.2) is 65.1 Å². The van der Waals surface area contributed by atoms with E-state index in [9.17, 15) is 9.90 Å². The number of hydrogen-bond acceptors (Lipinski definition) is 5. The smallest absolute Gasteiger partial charge is 0.222 e. The zero-order valence-corrected chi connectivity index (χ0v) is 19.7. The minimum Gasteiger partial charge on any atom is -0.497 e. The van der Waals surface area contributed by atoms with Crippen LogP contribution in [0.2, 0.25) is 0 Å². The lowest BCUT2D eigenvalue weighted by atomic mass is 9.72. The molecule has 0 saturated carbocycles. The largest absolute Gasteiger partial charge is 0.497 e. The Morgan fingerprint density at radius 3 is 2.69 bits per heavy atom. The van der Waals surface area contributed by atoms with Gasteiger partial charge >= 0.3 is 0 Å². The molecule has 4 aliphatic rings. The number of methoxy groups -OCH3 is 1. The highest BCUT2D eigenvalue weighted by molar-refractivity contribution is 5.84. The second-order valence-electron chi connectivity index (χ2n) is 9.32. The number of aromatic nitrogens is 1. The van der Waals surface area contributed by atoms with Gasteiger partial charge in [-0.1, -0.05) is 13.3 Å². The summed E-state index contributed by atoms with van der Waals surface area (Å²) in [6.45, 7) is 8.43. The number of benzene rings is 1. The lowest BCUT2D eigenvalue weighted by molar-refractivity contribution is -0.127. The van der Waals surface area contributed by atoms with Crippen LogP contribution in [0.4, 0.5) is 0 Å². The van der Waals surface area contributed by atoms with Crippen molar-refractivity contribution in [2.75, 3.05) is 33.3 Å². The van der Waals surface area contributed by atoms with Crippen molar-refractivity contribution in [2.45, 2.75) is 58.1 Å². The highest BCUT2D eigenvalue weighted by Crippen LogP contribution is 2.42. The van der Waals surface area contributed by atoms with Crippen LogP contribution in [0.25, 0.3) is 10.9 Å². The Morgan fingerprint density at radius 2 is 2.09 bits per heavy atom. The van der Waals surface area contributed by atoms with Gasteiger partial charge in [0.25, 0.3) is 0 Å². The van der Waals surface area contributed by atoms with Crippen molar-refractivity contribution in [3.05, 3.63) is 36.0 Å². The highest BCUT2D eigenvalue weighted by Gasteiger charge is 2.42. The van der Waals surface area contributed by atoms with Crippen molar-refractivity contribution >= 4 is 16.8 Å². The summed E-state index contributed by atoms with van der Waals surface area (Å²) in [5.74, 6) is 2.70. The zero-order chi connectivity index (χ0) is 22.7. The van der Waals surface area contributed by atoms with E-state index in [1.807, 2.05) is 36.1 Å². The third-order valence-electron chi connectivity index (χ3n) is 7.68. The average Bonchev–Trinajstić information content (AvgIpc) is 3.28. The first-order chi connectivity index (χ1) is 15.5. The Hall–Kier alpha value is -2.18. The van der Waals surface area contributed by atoms with E-state index in [4.69, 9.17) is 4.74 Å². The Balaban J connectivity index is 0.000000260. The SMILES string of the molecule is CCC1CN2CC[C@@H]1CC2C(O)c1ccnc2ccc(OC)cc12.CCN1CCCC1=O. The number of fused-ring (bicyclic) bond motifs is 4. The molecule has 0 radical (unpaired) electrons. The molecule has 4 unspecified atom stereocenters. The zero-order valence-electron chi connectivity index (χ0n) is 19.7. The first-order valence-corrected chi connectivity index (χ1v) is 12.2. The van der Waals surface area contributed by atoms with E-state index in [-0.39, 0.29) is 6.04 Å². The van der Waals surface area contributed by atoms with Gasteiger partial charge in [-0.3, -0.25) is 14.7 Å². The van der Waals surface area contributed by atoms with Gasteiger partial charge in [0.15, 0.2) is 0 Å². The molecule has 6 rings (SSSR count). The molecule has 4 saturated heterocycles. The van der Waals surface area contributed by atoms with Gasteiger partial charge in [-0.05, 0) is 74.4 Å². The third kappa shape index (κ3) is 4.62. The summed E-state index contributed by atoms with van der Waals surface area (Å²) >= 11 is 0. The first-order valence-electron chi connectivity index (χ1n) is 12.2. The number of hydrogen-bond donors (Lipinski definition) is 1. The predicted octanol–water partition coefficient (Wildman–Crippen LogP) is 4.03. The number of amides is 1. The molecule has 0 spiro atoms. The van der Waals surface area contributed by atoms with Crippen LogP contribution < -0.4 is 4.74 Å². The number of aliphatic hydroxyl groups excluding tert-OH is 1. The number of carbonyl (C=O) groups is 1. The summed E-state index contributed by atoms with van der Waals surface area (Å²) in [7, 11) is 1.67. The van der Waals surface area contributed by atoms with E-state index in [2.05, 4.69) is 16.8 Å². The van der Waals surface area contributed by atoms with Crippen molar-refractivity contribution in [1.29, 1.82) is 0 Å². The van der Waals surface area contributed by atoms with Crippen LogP contribution in [0.15, 0.2) is 30.5 Å². The molecule has 174 valence electrons. The lowest BCUT2D eigenvalue weighted by Crippen LogP contribution is -2.55. The second-order valence-corrected chi connectivity index (χ2v) is 9.32. The van der Waals surface area contributed by atoms with Crippen molar-refractivity contribution < 1.29 is 14.6 Å². The van der Waals surface area contributed by atoms with Gasteiger partial charge in [-0.15, -0.1) is 0 Å². The second kappa shape index (κ2) is 10.2. The van der Waals surface area contributed by atoms with Gasteiger partial charge in [0.1, 0.15) is 5.75 Å². The summed E-state index contributed by atoms with van der Waals surface area (Å²) in [5, 5.41) is 12.2. The van der Waals surface area contributed by atoms with Crippen LogP contribution in [0, 0.1) is 11.8 Å². The minimum absolute atomic E-state index is 0.225. The van der Waals surface area contributed by atoms with Gasteiger partial charge in [0.2, 0.25) is 5.91 Å². The Labute approximate surface area is 191 Å². The number of carbonyl (C=O) groups excluding carboxylic acids is 1. The summed E-state index contributed by atoms with van der Waals surface area (Å²) in [6, 6.07) is 8.07. The fourth-order valence-electron chi connectivity index (χ4n) is 5.75. The number of rotatable bonds is 5. The molecule has 6 heteroatoms. The van der Waals surface area contributed by atoms with E-state index in [1.165, 1.54) is 12.8 Å². The maximum absolute atomic E-state index is 11.2. The van der Waals surface area contributed by atoms with Gasteiger partial charge in [-0.2, -0.15) is 0 Å². The van der Waals surface area contributed by atoms with Gasteiger partial charge in [0.05, 0.1) is 18.7 Å². The molecule has 2 bridgehead atoms. The van der Waals surface area contributed by atoms with Gasteiger partial charge < -0.3 is 14.7 Å². The predicted molar refractivity (Wildman–Crippen MR) is 127 cm³/mol. The van der Waals surface area contributed by atoms with Crippen LogP contribution in [-0.2, 0) is 4.79 Å². The highest BCUT2D eigenvalue weighted by atomic mass is 16.5. The fraction of sp³-hybridized carbons (Fsp3) is 0.615. The molecule has 1 aromatic carbocycles. The molecule has 5 atom stereocenters. The number of pyridine rings is 1. The quantitative estimate of drug-likeness (QED) is 0.762. The molecule has 2 aromatic rings. The molecular formula is C26H37N3O3. The van der Waals surface area contributed by atoms with Crippen LogP contribution in [0.1, 0.15) is 57.6 Å². The Kier molecular flexibility index (Phi) is 7.31. The molecule has 1 N–H and O–H groups in total. The van der Waals surface area contributed by atoms with Crippen LogP contribution in [0.3, 0.4) is 0 Å². The monoisotopic (exact) mass is 439 g/mol. The van der Waals surface area contributed by atoms with E-state index >= 15 is 0 Å². The first kappa shape index (κ1) is 23.0. The summed E-state index contributed by atoms with van der Waals surface area (Å²) in [6.07, 6.45) is 6.81. The van der Waals surface area contributed by atoms with Crippen LogP contribution in [0.5, 0.6) is 5.75 Å². The minimum atomic E-state index is -0.469. The maximum Gasteiger partial charge on any atom is 0.222 e. The van der Waals surface area contributed by atoms with Gasteiger partial charge in [0, 0.05) is 43.7 Å².